The van der Waals surface area contributed by atoms with Crippen LogP contribution in [0.15, 0.2) is 18.2 Å². The highest BCUT2D eigenvalue weighted by atomic mass is 16.6. The molecule has 3 aliphatic rings. The zero-order chi connectivity index (χ0) is 23.5. The van der Waals surface area contributed by atoms with E-state index >= 15 is 0 Å². The molecule has 1 aromatic rings. The minimum absolute atomic E-state index is 0.154. The normalized spacial score (nSPS) is 21.0. The summed E-state index contributed by atoms with van der Waals surface area (Å²) in [6.07, 6.45) is 3.55. The average molecular weight is 460 g/mol. The number of piperazine rings is 1. The molecule has 3 heterocycles. The first-order valence-electron chi connectivity index (χ1n) is 12.6. The zero-order valence-corrected chi connectivity index (χ0v) is 20.9. The van der Waals surface area contributed by atoms with Crippen LogP contribution in [0.25, 0.3) is 0 Å². The molecule has 1 amide bonds. The van der Waals surface area contributed by atoms with Crippen LogP contribution in [0.2, 0.25) is 0 Å². The third-order valence-electron chi connectivity index (χ3n) is 7.04. The van der Waals surface area contributed by atoms with E-state index in [1.165, 1.54) is 11.3 Å². The molecular formula is C26H41N3O4. The van der Waals surface area contributed by atoms with E-state index in [0.717, 1.165) is 77.4 Å². The lowest BCUT2D eigenvalue weighted by Crippen LogP contribution is -2.52. The lowest BCUT2D eigenvalue weighted by Gasteiger charge is -2.45. The average Bonchev–Trinajstić information content (AvgIpc) is 2.79. The second-order valence-electron chi connectivity index (χ2n) is 10.6. The van der Waals surface area contributed by atoms with Gasteiger partial charge in [-0.05, 0) is 64.3 Å². The summed E-state index contributed by atoms with van der Waals surface area (Å²) in [6, 6.07) is 6.70. The van der Waals surface area contributed by atoms with E-state index in [1.54, 1.807) is 0 Å². The number of fused-ring (bicyclic) bond motifs is 1. The van der Waals surface area contributed by atoms with Gasteiger partial charge >= 0.3 is 6.09 Å². The highest BCUT2D eigenvalue weighted by Crippen LogP contribution is 2.41. The van der Waals surface area contributed by atoms with E-state index in [2.05, 4.69) is 28.0 Å². The Morgan fingerprint density at radius 1 is 1.06 bits per heavy atom. The van der Waals surface area contributed by atoms with Gasteiger partial charge in [0.2, 0.25) is 0 Å². The van der Waals surface area contributed by atoms with E-state index in [9.17, 15) is 4.79 Å². The second-order valence-corrected chi connectivity index (χ2v) is 10.6. The molecule has 3 aliphatic heterocycles. The predicted molar refractivity (Wildman–Crippen MR) is 130 cm³/mol. The van der Waals surface area contributed by atoms with Gasteiger partial charge in [0.15, 0.2) is 0 Å². The molecule has 0 aromatic heterocycles. The fourth-order valence-corrected chi connectivity index (χ4v) is 5.05. The molecule has 33 heavy (non-hydrogen) atoms. The fraction of sp³-hybridized carbons (Fsp3) is 0.731. The summed E-state index contributed by atoms with van der Waals surface area (Å²) in [7, 11) is 0. The van der Waals surface area contributed by atoms with E-state index in [1.807, 2.05) is 32.6 Å². The first-order chi connectivity index (χ1) is 15.8. The van der Waals surface area contributed by atoms with Gasteiger partial charge in [-0.15, -0.1) is 0 Å². The van der Waals surface area contributed by atoms with Gasteiger partial charge in [-0.25, -0.2) is 4.79 Å². The molecule has 1 spiro atoms. The summed E-state index contributed by atoms with van der Waals surface area (Å²) in [5.41, 5.74) is 2.00. The van der Waals surface area contributed by atoms with Crippen molar-refractivity contribution in [3.63, 3.8) is 0 Å². The number of ether oxygens (including phenoxy) is 3. The van der Waals surface area contributed by atoms with Crippen molar-refractivity contribution in [2.75, 3.05) is 63.9 Å². The topological polar surface area (TPSA) is 54.5 Å². The van der Waals surface area contributed by atoms with Crippen molar-refractivity contribution in [1.82, 2.24) is 9.80 Å². The van der Waals surface area contributed by atoms with Crippen molar-refractivity contribution >= 4 is 11.8 Å². The highest BCUT2D eigenvalue weighted by molar-refractivity contribution is 5.68. The third-order valence-corrected chi connectivity index (χ3v) is 7.04. The van der Waals surface area contributed by atoms with Crippen molar-refractivity contribution in [2.24, 2.45) is 0 Å². The van der Waals surface area contributed by atoms with Crippen LogP contribution in [0.3, 0.4) is 0 Å². The summed E-state index contributed by atoms with van der Waals surface area (Å²) >= 11 is 0. The second kappa shape index (κ2) is 10.1. The first kappa shape index (κ1) is 24.1. The van der Waals surface area contributed by atoms with Crippen LogP contribution in [0.4, 0.5) is 10.5 Å². The molecule has 0 unspecified atom stereocenters. The summed E-state index contributed by atoms with van der Waals surface area (Å²) < 4.78 is 17.6. The third kappa shape index (κ3) is 6.12. The van der Waals surface area contributed by atoms with E-state index in [4.69, 9.17) is 14.2 Å². The Kier molecular flexibility index (Phi) is 7.39. The number of nitrogens with zero attached hydrogens (tertiary/aromatic N) is 3. The molecule has 2 saturated heterocycles. The van der Waals surface area contributed by atoms with Crippen LogP contribution < -0.4 is 9.64 Å². The Balaban J connectivity index is 1.30. The number of piperidine rings is 1. The van der Waals surface area contributed by atoms with Crippen LogP contribution in [0, 0.1) is 0 Å². The molecule has 0 atom stereocenters. The van der Waals surface area contributed by atoms with Crippen LogP contribution in [0.1, 0.15) is 52.5 Å². The quantitative estimate of drug-likeness (QED) is 0.622. The standard InChI is InChI=1S/C26H41N3O4/c1-5-31-19-18-27-14-16-28(17-15-27)22-6-7-23-21(20-22)8-9-26(32-23)10-12-29(13-11-26)24(30)33-25(2,3)4/h6-7,20H,5,8-19H2,1-4H3. The smallest absolute Gasteiger partial charge is 0.410 e. The van der Waals surface area contributed by atoms with Gasteiger partial charge < -0.3 is 24.0 Å². The maximum Gasteiger partial charge on any atom is 0.410 e. The van der Waals surface area contributed by atoms with Crippen molar-refractivity contribution < 1.29 is 19.0 Å². The Labute approximate surface area is 198 Å². The van der Waals surface area contributed by atoms with Crippen molar-refractivity contribution in [3.8, 4) is 5.75 Å². The number of carbonyl (C=O) groups is 1. The molecule has 2 fully saturated rings. The number of carbonyl (C=O) groups excluding carboxylic acids is 1. The molecular weight excluding hydrogens is 418 g/mol. The number of hydrogen-bond acceptors (Lipinski definition) is 6. The number of aryl methyl sites for hydroxylation is 1. The molecule has 0 bridgehead atoms. The zero-order valence-electron chi connectivity index (χ0n) is 20.9. The summed E-state index contributed by atoms with van der Waals surface area (Å²) in [5, 5.41) is 0. The monoisotopic (exact) mass is 459 g/mol. The Bertz CT molecular complexity index is 806. The minimum atomic E-state index is -0.458. The molecule has 7 nitrogen and oxygen atoms in total. The van der Waals surface area contributed by atoms with Crippen molar-refractivity contribution in [3.05, 3.63) is 23.8 Å². The number of hydrogen-bond donors (Lipinski definition) is 0. The summed E-state index contributed by atoms with van der Waals surface area (Å²) in [4.78, 5) is 19.2. The van der Waals surface area contributed by atoms with E-state index in [0.29, 0.717) is 13.1 Å². The summed E-state index contributed by atoms with van der Waals surface area (Å²) in [6.45, 7) is 16.1. The van der Waals surface area contributed by atoms with E-state index in [-0.39, 0.29) is 11.7 Å². The van der Waals surface area contributed by atoms with Gasteiger partial charge in [-0.2, -0.15) is 0 Å². The SMILES string of the molecule is CCOCCN1CCN(c2ccc3c(c2)CCC2(CCN(C(=O)OC(C)(C)C)CC2)O3)CC1. The number of rotatable bonds is 5. The fourth-order valence-electron chi connectivity index (χ4n) is 5.05. The Morgan fingerprint density at radius 3 is 2.45 bits per heavy atom. The molecule has 4 rings (SSSR count). The molecule has 184 valence electrons. The van der Waals surface area contributed by atoms with Gasteiger partial charge in [0.05, 0.1) is 6.61 Å². The first-order valence-corrected chi connectivity index (χ1v) is 12.6. The molecule has 0 N–H and O–H groups in total. The van der Waals surface area contributed by atoms with Crippen LogP contribution >= 0.6 is 0 Å². The molecule has 0 saturated carbocycles. The van der Waals surface area contributed by atoms with Gasteiger partial charge in [0, 0.05) is 70.9 Å². The van der Waals surface area contributed by atoms with Gasteiger partial charge in [-0.3, -0.25) is 4.90 Å². The number of amides is 1. The molecule has 0 radical (unpaired) electrons. The highest BCUT2D eigenvalue weighted by Gasteiger charge is 2.41. The lowest BCUT2D eigenvalue weighted by molar-refractivity contribution is -0.0272. The molecule has 0 aliphatic carbocycles. The van der Waals surface area contributed by atoms with Crippen LogP contribution in [-0.2, 0) is 15.9 Å². The number of likely N-dealkylation sites (tertiary alicyclic amines) is 1. The van der Waals surface area contributed by atoms with Gasteiger partial charge in [-0.1, -0.05) is 0 Å². The summed E-state index contributed by atoms with van der Waals surface area (Å²) in [5.74, 6) is 1.02. The Morgan fingerprint density at radius 2 is 1.79 bits per heavy atom. The van der Waals surface area contributed by atoms with Gasteiger partial charge in [0.1, 0.15) is 17.0 Å². The molecule has 1 aromatic carbocycles. The van der Waals surface area contributed by atoms with E-state index < -0.39 is 5.60 Å². The van der Waals surface area contributed by atoms with Crippen molar-refractivity contribution in [2.45, 2.75) is 64.6 Å². The maximum atomic E-state index is 12.4. The van der Waals surface area contributed by atoms with Gasteiger partial charge in [0.25, 0.3) is 0 Å². The number of benzene rings is 1. The molecule has 7 heteroatoms. The largest absolute Gasteiger partial charge is 0.487 e. The lowest BCUT2D eigenvalue weighted by atomic mass is 9.83. The number of anilines is 1. The van der Waals surface area contributed by atoms with Crippen LogP contribution in [-0.4, -0.2) is 86.1 Å². The maximum absolute atomic E-state index is 12.4. The Hall–Kier alpha value is -1.99. The minimum Gasteiger partial charge on any atom is -0.487 e. The van der Waals surface area contributed by atoms with Crippen molar-refractivity contribution in [1.29, 1.82) is 0 Å². The predicted octanol–water partition coefficient (Wildman–Crippen LogP) is 3.94. The van der Waals surface area contributed by atoms with Crippen LogP contribution in [0.5, 0.6) is 5.75 Å².